The number of amides is 1. The second-order valence-corrected chi connectivity index (χ2v) is 4.85. The summed E-state index contributed by atoms with van der Waals surface area (Å²) in [6.45, 7) is 0. The molecule has 94 valence electrons. The Hall–Kier alpha value is 0.350. The maximum Gasteiger partial charge on any atom is 0.224 e. The zero-order chi connectivity index (χ0) is 12.6. The summed E-state index contributed by atoms with van der Waals surface area (Å²) in [5.74, 6) is -0.0262. The van der Waals surface area contributed by atoms with Crippen molar-refractivity contribution < 1.29 is 18.6 Å². The van der Waals surface area contributed by atoms with Crippen molar-refractivity contribution >= 4 is 39.1 Å². The molecule has 8 heteroatoms. The zero-order valence-electron chi connectivity index (χ0n) is 9.38. The molecular formula is C8H18NO4P3. The Morgan fingerprint density at radius 3 is 2.56 bits per heavy atom. The highest BCUT2D eigenvalue weighted by atomic mass is 32.0. The van der Waals surface area contributed by atoms with Gasteiger partial charge in [0.2, 0.25) is 5.91 Å². The van der Waals surface area contributed by atoms with E-state index in [4.69, 9.17) is 9.05 Å². The fourth-order valence-corrected chi connectivity index (χ4v) is 2.17. The van der Waals surface area contributed by atoms with Gasteiger partial charge in [-0.3, -0.25) is 4.79 Å². The summed E-state index contributed by atoms with van der Waals surface area (Å²) < 4.78 is 10.3. The van der Waals surface area contributed by atoms with E-state index >= 15 is 0 Å². The summed E-state index contributed by atoms with van der Waals surface area (Å²) >= 11 is 0. The molecule has 1 amide bonds. The van der Waals surface area contributed by atoms with Gasteiger partial charge in [-0.1, -0.05) is 8.93 Å². The van der Waals surface area contributed by atoms with Crippen LogP contribution in [0.1, 0.15) is 12.8 Å². The SMILES string of the molecule is CN(C)C(=O)C[C@@H](C[C@@H](C=O)OP)OPP. The van der Waals surface area contributed by atoms with Crippen molar-refractivity contribution in [2.45, 2.75) is 25.0 Å². The van der Waals surface area contributed by atoms with Crippen molar-refractivity contribution in [2.24, 2.45) is 0 Å². The number of nitrogens with zero attached hydrogens (tertiary/aromatic N) is 1. The first-order valence-corrected chi connectivity index (χ1v) is 7.86. The third-order valence-electron chi connectivity index (χ3n) is 1.96. The number of carbonyl (C=O) groups excluding carboxylic acids is 2. The average molecular weight is 285 g/mol. The van der Waals surface area contributed by atoms with Gasteiger partial charge >= 0.3 is 0 Å². The fourth-order valence-electron chi connectivity index (χ4n) is 1.05. The number of hydrogen-bond donors (Lipinski definition) is 0. The normalized spacial score (nSPS) is 15.0. The second kappa shape index (κ2) is 9.39. The van der Waals surface area contributed by atoms with Crippen molar-refractivity contribution in [2.75, 3.05) is 14.1 Å². The Kier molecular flexibility index (Phi) is 9.59. The Labute approximate surface area is 102 Å². The minimum Gasteiger partial charge on any atom is -0.355 e. The minimum absolute atomic E-state index is 0.0262. The monoisotopic (exact) mass is 285 g/mol. The van der Waals surface area contributed by atoms with Gasteiger partial charge in [-0.15, -0.1) is 0 Å². The molecule has 0 saturated carbocycles. The van der Waals surface area contributed by atoms with Gasteiger partial charge in [0.25, 0.3) is 0 Å². The molecule has 5 nitrogen and oxygen atoms in total. The van der Waals surface area contributed by atoms with E-state index in [0.29, 0.717) is 12.7 Å². The fraction of sp³-hybridized carbons (Fsp3) is 0.750. The highest BCUT2D eigenvalue weighted by Crippen LogP contribution is 2.27. The lowest BCUT2D eigenvalue weighted by Gasteiger charge is -2.20. The largest absolute Gasteiger partial charge is 0.355 e. The molecule has 0 aromatic carbocycles. The van der Waals surface area contributed by atoms with Crippen LogP contribution in [0.4, 0.5) is 0 Å². The van der Waals surface area contributed by atoms with E-state index in [1.165, 1.54) is 4.90 Å². The molecule has 5 atom stereocenters. The summed E-state index contributed by atoms with van der Waals surface area (Å²) in [6.07, 6.45) is 0.503. The standard InChI is InChI=1S/C8H18NO4P3/c1-9(2)8(11)4-6(13-16-15)3-7(5-10)12-14/h5-7,16H,3-4,14-15H2,1-2H3/t6-,7+/m1/s1. The number of carbonyl (C=O) groups is 2. The quantitative estimate of drug-likeness (QED) is 0.493. The topological polar surface area (TPSA) is 55.8 Å². The van der Waals surface area contributed by atoms with Gasteiger partial charge in [0.15, 0.2) is 0 Å². The van der Waals surface area contributed by atoms with Crippen LogP contribution in [0, 0.1) is 0 Å². The average Bonchev–Trinajstić information content (AvgIpc) is 2.25. The molecule has 16 heavy (non-hydrogen) atoms. The van der Waals surface area contributed by atoms with Gasteiger partial charge in [0, 0.05) is 38.5 Å². The van der Waals surface area contributed by atoms with E-state index < -0.39 is 6.10 Å². The summed E-state index contributed by atoms with van der Waals surface area (Å²) in [6, 6.07) is 0. The third kappa shape index (κ3) is 6.83. The van der Waals surface area contributed by atoms with E-state index in [0.717, 1.165) is 0 Å². The molecule has 0 aliphatic rings. The Morgan fingerprint density at radius 1 is 1.56 bits per heavy atom. The number of hydrogen-bond acceptors (Lipinski definition) is 4. The van der Waals surface area contributed by atoms with Crippen molar-refractivity contribution in [1.29, 1.82) is 0 Å². The molecule has 0 rings (SSSR count). The molecule has 0 radical (unpaired) electrons. The van der Waals surface area contributed by atoms with E-state index in [9.17, 15) is 9.59 Å². The van der Waals surface area contributed by atoms with Crippen LogP contribution in [0.15, 0.2) is 0 Å². The molecule has 0 spiro atoms. The summed E-state index contributed by atoms with van der Waals surface area (Å²) in [7, 11) is 8.06. The predicted molar refractivity (Wildman–Crippen MR) is 71.5 cm³/mol. The van der Waals surface area contributed by atoms with Crippen molar-refractivity contribution in [3.63, 3.8) is 0 Å². The molecule has 0 saturated heterocycles. The smallest absolute Gasteiger partial charge is 0.224 e. The molecule has 0 heterocycles. The minimum atomic E-state index is -0.550. The van der Waals surface area contributed by atoms with Crippen LogP contribution in [0.25, 0.3) is 0 Å². The molecule has 0 aliphatic carbocycles. The van der Waals surface area contributed by atoms with E-state index in [-0.39, 0.29) is 26.9 Å². The van der Waals surface area contributed by atoms with E-state index in [2.05, 4.69) is 8.93 Å². The third-order valence-corrected chi connectivity index (χ3v) is 3.18. The Morgan fingerprint density at radius 2 is 2.19 bits per heavy atom. The summed E-state index contributed by atoms with van der Waals surface area (Å²) in [5.41, 5.74) is 0. The first-order chi connectivity index (χ1) is 7.54. The molecule has 0 fully saturated rings. The predicted octanol–water partition coefficient (Wildman–Crippen LogP) is 0.998. The lowest BCUT2D eigenvalue weighted by Crippen LogP contribution is -2.29. The Balaban J connectivity index is 4.25. The van der Waals surface area contributed by atoms with Crippen molar-refractivity contribution in [3.8, 4) is 0 Å². The van der Waals surface area contributed by atoms with Gasteiger partial charge in [0.1, 0.15) is 12.4 Å². The summed E-state index contributed by atoms with van der Waals surface area (Å²) in [4.78, 5) is 23.6. The molecule has 0 aromatic rings. The first kappa shape index (κ1) is 16.4. The van der Waals surface area contributed by atoms with Crippen LogP contribution >= 0.6 is 26.9 Å². The molecular weight excluding hydrogens is 267 g/mol. The summed E-state index contributed by atoms with van der Waals surface area (Å²) in [5, 5.41) is 0. The second-order valence-electron chi connectivity index (χ2n) is 3.40. The first-order valence-electron chi connectivity index (χ1n) is 4.67. The lowest BCUT2D eigenvalue weighted by atomic mass is 10.1. The molecule has 0 bridgehead atoms. The molecule has 0 aromatic heterocycles. The highest BCUT2D eigenvalue weighted by molar-refractivity contribution is 8.00. The molecule has 0 aliphatic heterocycles. The maximum absolute atomic E-state index is 11.5. The van der Waals surface area contributed by atoms with Crippen molar-refractivity contribution in [3.05, 3.63) is 0 Å². The van der Waals surface area contributed by atoms with Gasteiger partial charge in [-0.25, -0.2) is 0 Å². The van der Waals surface area contributed by atoms with Crippen LogP contribution in [0.5, 0.6) is 0 Å². The lowest BCUT2D eigenvalue weighted by molar-refractivity contribution is -0.130. The molecule has 3 unspecified atom stereocenters. The molecule has 0 N–H and O–H groups in total. The van der Waals surface area contributed by atoms with Gasteiger partial charge in [-0.2, -0.15) is 0 Å². The van der Waals surface area contributed by atoms with Crippen LogP contribution in [-0.2, 0) is 18.6 Å². The van der Waals surface area contributed by atoms with Crippen LogP contribution in [0.2, 0.25) is 0 Å². The van der Waals surface area contributed by atoms with Crippen LogP contribution < -0.4 is 0 Å². The number of aldehydes is 1. The Bertz CT molecular complexity index is 227. The highest BCUT2D eigenvalue weighted by Gasteiger charge is 2.20. The maximum atomic E-state index is 11.5. The van der Waals surface area contributed by atoms with Crippen LogP contribution in [-0.4, -0.2) is 43.4 Å². The van der Waals surface area contributed by atoms with Gasteiger partial charge in [-0.05, 0) is 0 Å². The number of rotatable bonds is 8. The van der Waals surface area contributed by atoms with E-state index in [1.807, 2.05) is 9.47 Å². The van der Waals surface area contributed by atoms with Gasteiger partial charge in [0.05, 0.1) is 12.5 Å². The van der Waals surface area contributed by atoms with Gasteiger partial charge < -0.3 is 18.7 Å². The van der Waals surface area contributed by atoms with E-state index in [1.54, 1.807) is 14.1 Å². The zero-order valence-corrected chi connectivity index (χ0v) is 12.7. The van der Waals surface area contributed by atoms with Crippen molar-refractivity contribution in [1.82, 2.24) is 4.90 Å². The van der Waals surface area contributed by atoms with Crippen LogP contribution in [0.3, 0.4) is 0 Å².